The summed E-state index contributed by atoms with van der Waals surface area (Å²) in [5, 5.41) is 0. The van der Waals surface area contributed by atoms with Crippen LogP contribution in [0.25, 0.3) is 0 Å². The van der Waals surface area contributed by atoms with Crippen LogP contribution in [0.2, 0.25) is 0 Å². The Bertz CT molecular complexity index is 686. The van der Waals surface area contributed by atoms with Crippen LogP contribution in [0.1, 0.15) is 16.7 Å². The first-order valence-electron chi connectivity index (χ1n) is 7.71. The molecule has 0 amide bonds. The van der Waals surface area contributed by atoms with Crippen molar-refractivity contribution in [1.82, 2.24) is 0 Å². The van der Waals surface area contributed by atoms with Gasteiger partial charge in [0.05, 0.1) is 7.11 Å². The van der Waals surface area contributed by atoms with Crippen LogP contribution in [0.15, 0.2) is 91.0 Å². The molecule has 120 valence electrons. The number of rotatable bonds is 4. The second kappa shape index (κ2) is 7.01. The van der Waals surface area contributed by atoms with Crippen LogP contribution < -0.4 is 0 Å². The minimum atomic E-state index is -1.07. The van der Waals surface area contributed by atoms with Crippen LogP contribution in [0.5, 0.6) is 0 Å². The molecule has 0 radical (unpaired) electrons. The summed E-state index contributed by atoms with van der Waals surface area (Å²) in [4.78, 5) is 12.1. The molecule has 0 atom stereocenters. The summed E-state index contributed by atoms with van der Waals surface area (Å²) in [7, 11) is 1.31. The highest BCUT2D eigenvalue weighted by Crippen LogP contribution is 2.40. The van der Waals surface area contributed by atoms with E-state index >= 15 is 0 Å². The van der Waals surface area contributed by atoms with E-state index in [-0.39, 0.29) is 0 Å². The normalized spacial score (nSPS) is 10.9. The summed E-state index contributed by atoms with van der Waals surface area (Å²) in [6.07, 6.45) is -0.730. The molecule has 0 N–H and O–H groups in total. The number of methoxy groups -OCH3 is 1. The molecule has 0 aliphatic rings. The number of benzene rings is 3. The van der Waals surface area contributed by atoms with E-state index in [0.717, 1.165) is 16.7 Å². The zero-order chi connectivity index (χ0) is 16.8. The molecule has 0 fully saturated rings. The largest absolute Gasteiger partial charge is 0.509 e. The Balaban J connectivity index is 2.30. The molecular formula is C21H18O3. The molecule has 0 unspecified atom stereocenters. The third-order valence-corrected chi connectivity index (χ3v) is 3.94. The van der Waals surface area contributed by atoms with Crippen molar-refractivity contribution in [2.45, 2.75) is 5.60 Å². The molecule has 3 aromatic carbocycles. The first kappa shape index (κ1) is 15.8. The lowest BCUT2D eigenvalue weighted by Gasteiger charge is -2.34. The van der Waals surface area contributed by atoms with E-state index in [9.17, 15) is 4.79 Å². The lowest BCUT2D eigenvalue weighted by Crippen LogP contribution is -2.35. The highest BCUT2D eigenvalue weighted by molar-refractivity contribution is 5.64. The summed E-state index contributed by atoms with van der Waals surface area (Å²) in [5.41, 5.74) is 1.49. The van der Waals surface area contributed by atoms with Crippen molar-refractivity contribution in [3.05, 3.63) is 108 Å². The summed E-state index contributed by atoms with van der Waals surface area (Å²) < 4.78 is 10.7. The topological polar surface area (TPSA) is 35.5 Å². The van der Waals surface area contributed by atoms with Gasteiger partial charge in [-0.15, -0.1) is 0 Å². The number of hydrogen-bond acceptors (Lipinski definition) is 3. The molecule has 0 aliphatic carbocycles. The Morgan fingerprint density at radius 2 is 1.00 bits per heavy atom. The van der Waals surface area contributed by atoms with Crippen molar-refractivity contribution in [3.8, 4) is 0 Å². The number of carbonyl (C=O) groups excluding carboxylic acids is 1. The van der Waals surface area contributed by atoms with Gasteiger partial charge in [-0.3, -0.25) is 0 Å². The maximum atomic E-state index is 12.1. The van der Waals surface area contributed by atoms with Gasteiger partial charge in [-0.05, 0) is 0 Å². The van der Waals surface area contributed by atoms with E-state index in [1.54, 1.807) is 0 Å². The van der Waals surface area contributed by atoms with Crippen molar-refractivity contribution < 1.29 is 14.3 Å². The molecule has 3 nitrogen and oxygen atoms in total. The summed E-state index contributed by atoms with van der Waals surface area (Å²) in [6.45, 7) is 0. The van der Waals surface area contributed by atoms with Crippen molar-refractivity contribution in [1.29, 1.82) is 0 Å². The maximum absolute atomic E-state index is 12.1. The van der Waals surface area contributed by atoms with Gasteiger partial charge in [0.1, 0.15) is 0 Å². The third-order valence-electron chi connectivity index (χ3n) is 3.94. The van der Waals surface area contributed by atoms with Gasteiger partial charge in [-0.25, -0.2) is 4.79 Å². The molecule has 0 bridgehead atoms. The lowest BCUT2D eigenvalue weighted by molar-refractivity contribution is 0.0132. The highest BCUT2D eigenvalue weighted by atomic mass is 16.7. The quantitative estimate of drug-likeness (QED) is 0.514. The Morgan fingerprint density at radius 3 is 1.29 bits per heavy atom. The molecule has 0 saturated heterocycles. The fourth-order valence-corrected chi connectivity index (χ4v) is 2.86. The molecule has 3 rings (SSSR count). The third kappa shape index (κ3) is 2.88. The fourth-order valence-electron chi connectivity index (χ4n) is 2.86. The van der Waals surface area contributed by atoms with Gasteiger partial charge in [0.2, 0.25) is 0 Å². The minimum Gasteiger partial charge on any atom is -0.438 e. The Morgan fingerprint density at radius 1 is 0.667 bits per heavy atom. The van der Waals surface area contributed by atoms with Gasteiger partial charge >= 0.3 is 6.16 Å². The second-order valence-electron chi connectivity index (χ2n) is 5.34. The van der Waals surface area contributed by atoms with Crippen LogP contribution in [0, 0.1) is 0 Å². The molecule has 0 saturated carbocycles. The van der Waals surface area contributed by atoms with Crippen LogP contribution >= 0.6 is 0 Å². The van der Waals surface area contributed by atoms with Gasteiger partial charge < -0.3 is 9.47 Å². The van der Waals surface area contributed by atoms with Crippen LogP contribution in [-0.4, -0.2) is 13.3 Å². The minimum absolute atomic E-state index is 0.730. The van der Waals surface area contributed by atoms with Crippen molar-refractivity contribution in [2.75, 3.05) is 7.11 Å². The van der Waals surface area contributed by atoms with Crippen molar-refractivity contribution in [2.24, 2.45) is 0 Å². The smallest absolute Gasteiger partial charge is 0.438 e. The molecule has 3 aromatic rings. The lowest BCUT2D eigenvalue weighted by atomic mass is 9.80. The van der Waals surface area contributed by atoms with Crippen molar-refractivity contribution in [3.63, 3.8) is 0 Å². The van der Waals surface area contributed by atoms with Crippen molar-refractivity contribution >= 4 is 6.16 Å². The average Bonchev–Trinajstić information content (AvgIpc) is 2.68. The van der Waals surface area contributed by atoms with E-state index < -0.39 is 11.8 Å². The monoisotopic (exact) mass is 318 g/mol. The Hall–Kier alpha value is -3.07. The van der Waals surface area contributed by atoms with Gasteiger partial charge in [0.15, 0.2) is 5.60 Å². The molecule has 3 heteroatoms. The second-order valence-corrected chi connectivity index (χ2v) is 5.34. The van der Waals surface area contributed by atoms with Gasteiger partial charge in [0.25, 0.3) is 0 Å². The predicted octanol–water partition coefficient (Wildman–Crippen LogP) is 4.76. The Kier molecular flexibility index (Phi) is 4.62. The van der Waals surface area contributed by atoms with Gasteiger partial charge in [-0.2, -0.15) is 0 Å². The number of ether oxygens (including phenoxy) is 2. The molecule has 0 heterocycles. The van der Waals surface area contributed by atoms with E-state index in [0.29, 0.717) is 0 Å². The predicted molar refractivity (Wildman–Crippen MR) is 92.7 cm³/mol. The van der Waals surface area contributed by atoms with E-state index in [4.69, 9.17) is 9.47 Å². The van der Waals surface area contributed by atoms with E-state index in [1.165, 1.54) is 7.11 Å². The zero-order valence-corrected chi connectivity index (χ0v) is 13.4. The molecule has 0 aromatic heterocycles. The highest BCUT2D eigenvalue weighted by Gasteiger charge is 2.40. The molecular weight excluding hydrogens is 300 g/mol. The van der Waals surface area contributed by atoms with Crippen LogP contribution in [-0.2, 0) is 15.1 Å². The first-order valence-corrected chi connectivity index (χ1v) is 7.71. The van der Waals surface area contributed by atoms with E-state index in [2.05, 4.69) is 0 Å². The standard InChI is InChI=1S/C21H18O3/c1-23-20(22)24-21(17-11-5-2-6-12-17,18-13-7-3-8-14-18)19-15-9-4-10-16-19/h2-16H,1H3. The SMILES string of the molecule is COC(=O)OC(c1ccccc1)(c1ccccc1)c1ccccc1. The summed E-state index contributed by atoms with van der Waals surface area (Å²) >= 11 is 0. The fraction of sp³-hybridized carbons (Fsp3) is 0.0952. The first-order chi connectivity index (χ1) is 11.8. The van der Waals surface area contributed by atoms with Crippen LogP contribution in [0.4, 0.5) is 4.79 Å². The van der Waals surface area contributed by atoms with Crippen LogP contribution in [0.3, 0.4) is 0 Å². The summed E-state index contributed by atoms with van der Waals surface area (Å²) in [5.74, 6) is 0. The zero-order valence-electron chi connectivity index (χ0n) is 13.4. The number of hydrogen-bond donors (Lipinski definition) is 0. The number of carbonyl (C=O) groups is 1. The van der Waals surface area contributed by atoms with Gasteiger partial charge in [-0.1, -0.05) is 91.0 Å². The molecule has 0 aliphatic heterocycles. The molecule has 24 heavy (non-hydrogen) atoms. The average molecular weight is 318 g/mol. The van der Waals surface area contributed by atoms with E-state index in [1.807, 2.05) is 91.0 Å². The molecule has 0 spiro atoms. The Labute approximate surface area is 141 Å². The summed E-state index contributed by atoms with van der Waals surface area (Å²) in [6, 6.07) is 29.0. The maximum Gasteiger partial charge on any atom is 0.509 e. The van der Waals surface area contributed by atoms with Gasteiger partial charge in [0, 0.05) is 16.7 Å².